The highest BCUT2D eigenvalue weighted by molar-refractivity contribution is 5.84. The van der Waals surface area contributed by atoms with Crippen molar-refractivity contribution in [3.8, 4) is 5.88 Å². The number of benzene rings is 1. The van der Waals surface area contributed by atoms with Crippen LogP contribution in [0.3, 0.4) is 0 Å². The quantitative estimate of drug-likeness (QED) is 0.655. The van der Waals surface area contributed by atoms with Crippen molar-refractivity contribution in [2.45, 2.75) is 13.0 Å². The van der Waals surface area contributed by atoms with Crippen molar-refractivity contribution in [2.24, 2.45) is 0 Å². The van der Waals surface area contributed by atoms with Crippen LogP contribution in [0.1, 0.15) is 6.42 Å². The predicted octanol–water partition coefficient (Wildman–Crippen LogP) is 0.991. The number of rotatable bonds is 6. The van der Waals surface area contributed by atoms with Gasteiger partial charge in [-0.3, -0.25) is 9.78 Å². The lowest BCUT2D eigenvalue weighted by Crippen LogP contribution is -2.29. The van der Waals surface area contributed by atoms with Gasteiger partial charge in [0.15, 0.2) is 0 Å². The van der Waals surface area contributed by atoms with Gasteiger partial charge >= 0.3 is 5.69 Å². The first-order valence-corrected chi connectivity index (χ1v) is 7.52. The van der Waals surface area contributed by atoms with Crippen molar-refractivity contribution >= 4 is 16.9 Å². The molecule has 0 fully saturated rings. The summed E-state index contributed by atoms with van der Waals surface area (Å²) >= 11 is 0. The Labute approximate surface area is 137 Å². The van der Waals surface area contributed by atoms with E-state index in [1.165, 1.54) is 16.8 Å². The van der Waals surface area contributed by atoms with Crippen molar-refractivity contribution in [3.63, 3.8) is 0 Å². The van der Waals surface area contributed by atoms with Crippen LogP contribution in [0.15, 0.2) is 46.1 Å². The van der Waals surface area contributed by atoms with Gasteiger partial charge in [-0.1, -0.05) is 12.1 Å². The average molecular weight is 327 g/mol. The summed E-state index contributed by atoms with van der Waals surface area (Å²) in [5.41, 5.74) is -0.0131. The van der Waals surface area contributed by atoms with Crippen LogP contribution in [-0.2, 0) is 6.54 Å². The number of H-pyrrole nitrogens is 1. The van der Waals surface area contributed by atoms with Crippen LogP contribution in [0.25, 0.3) is 10.9 Å². The second-order valence-corrected chi connectivity index (χ2v) is 5.16. The van der Waals surface area contributed by atoms with Crippen LogP contribution < -0.4 is 21.3 Å². The van der Waals surface area contributed by atoms with E-state index in [0.29, 0.717) is 31.3 Å². The highest BCUT2D eigenvalue weighted by atomic mass is 16.5. The number of fused-ring (bicyclic) bond motifs is 1. The molecule has 0 aliphatic heterocycles. The van der Waals surface area contributed by atoms with Gasteiger partial charge in [-0.05, 0) is 18.6 Å². The highest BCUT2D eigenvalue weighted by Crippen LogP contribution is 2.23. The fourth-order valence-corrected chi connectivity index (χ4v) is 2.35. The van der Waals surface area contributed by atoms with Gasteiger partial charge in [0.2, 0.25) is 11.8 Å². The van der Waals surface area contributed by atoms with Crippen LogP contribution in [0, 0.1) is 0 Å². The third-order valence-electron chi connectivity index (χ3n) is 3.52. The van der Waals surface area contributed by atoms with Gasteiger partial charge in [0.05, 0.1) is 18.0 Å². The van der Waals surface area contributed by atoms with Gasteiger partial charge < -0.3 is 14.6 Å². The fraction of sp³-hybridized carbons (Fsp3) is 0.250. The number of aryl methyl sites for hydroxylation is 1. The largest absolute Gasteiger partial charge is 0.480 e. The topological polar surface area (TPSA) is 102 Å². The van der Waals surface area contributed by atoms with E-state index in [-0.39, 0.29) is 0 Å². The van der Waals surface area contributed by atoms with Gasteiger partial charge in [0.1, 0.15) is 0 Å². The number of ether oxygens (including phenoxy) is 1. The molecule has 8 nitrogen and oxygen atoms in total. The molecule has 0 saturated heterocycles. The van der Waals surface area contributed by atoms with Gasteiger partial charge in [-0.2, -0.15) is 4.98 Å². The number of aromatic nitrogens is 4. The molecule has 3 aromatic rings. The van der Waals surface area contributed by atoms with Crippen molar-refractivity contribution in [3.05, 3.63) is 57.4 Å². The Morgan fingerprint density at radius 2 is 2.04 bits per heavy atom. The molecule has 0 bridgehead atoms. The molecule has 0 aliphatic rings. The zero-order valence-corrected chi connectivity index (χ0v) is 13.2. The zero-order chi connectivity index (χ0) is 16.9. The van der Waals surface area contributed by atoms with Gasteiger partial charge in [0.25, 0.3) is 5.56 Å². The van der Waals surface area contributed by atoms with Crippen molar-refractivity contribution in [2.75, 3.05) is 19.0 Å². The van der Waals surface area contributed by atoms with E-state index < -0.39 is 11.2 Å². The second kappa shape index (κ2) is 6.95. The molecule has 2 heterocycles. The molecular weight excluding hydrogens is 310 g/mol. The highest BCUT2D eigenvalue weighted by Gasteiger charge is 2.07. The number of anilines is 1. The smallest absolute Gasteiger partial charge is 0.328 e. The summed E-state index contributed by atoms with van der Waals surface area (Å²) in [7, 11) is 1.57. The molecule has 2 aromatic heterocycles. The van der Waals surface area contributed by atoms with Gasteiger partial charge in [-0.25, -0.2) is 9.78 Å². The van der Waals surface area contributed by atoms with Crippen LogP contribution in [0.4, 0.5) is 5.95 Å². The number of para-hydroxylation sites is 1. The van der Waals surface area contributed by atoms with E-state index in [0.717, 1.165) is 10.9 Å². The SMILES string of the molecule is COc1nc(NCCCn2ccc(=O)[nH]c2=O)nc2ccccc12. The molecule has 3 rings (SSSR count). The molecule has 8 heteroatoms. The molecule has 0 atom stereocenters. The first kappa shape index (κ1) is 15.7. The lowest BCUT2D eigenvalue weighted by Gasteiger charge is -2.09. The number of nitrogens with one attached hydrogen (secondary N) is 2. The normalized spacial score (nSPS) is 10.7. The first-order valence-electron chi connectivity index (χ1n) is 7.52. The minimum Gasteiger partial charge on any atom is -0.480 e. The standard InChI is InChI=1S/C16H17N5O3/c1-24-14-11-5-2-3-6-12(11)18-15(20-14)17-8-4-9-21-10-7-13(22)19-16(21)23/h2-3,5-7,10H,4,8-9H2,1H3,(H,17,18,20)(H,19,22,23). The third kappa shape index (κ3) is 3.43. The van der Waals surface area contributed by atoms with E-state index in [9.17, 15) is 9.59 Å². The summed E-state index contributed by atoms with van der Waals surface area (Å²) in [5.74, 6) is 0.985. The molecule has 0 unspecified atom stereocenters. The summed E-state index contributed by atoms with van der Waals surface area (Å²) in [6.07, 6.45) is 2.15. The van der Waals surface area contributed by atoms with Crippen LogP contribution in [-0.4, -0.2) is 33.2 Å². The molecule has 2 N–H and O–H groups in total. The summed E-state index contributed by atoms with van der Waals surface area (Å²) < 4.78 is 6.75. The molecular formula is C16H17N5O3. The van der Waals surface area contributed by atoms with E-state index in [1.807, 2.05) is 24.3 Å². The first-order chi connectivity index (χ1) is 11.7. The Morgan fingerprint density at radius 1 is 1.21 bits per heavy atom. The van der Waals surface area contributed by atoms with Crippen LogP contribution >= 0.6 is 0 Å². The summed E-state index contributed by atoms with van der Waals surface area (Å²) in [6, 6.07) is 8.93. The predicted molar refractivity (Wildman–Crippen MR) is 90.5 cm³/mol. The summed E-state index contributed by atoms with van der Waals surface area (Å²) in [4.78, 5) is 33.6. The van der Waals surface area contributed by atoms with Gasteiger partial charge in [-0.15, -0.1) is 0 Å². The van der Waals surface area contributed by atoms with E-state index in [4.69, 9.17) is 4.74 Å². The Morgan fingerprint density at radius 3 is 2.83 bits per heavy atom. The maximum Gasteiger partial charge on any atom is 0.328 e. The molecule has 24 heavy (non-hydrogen) atoms. The lowest BCUT2D eigenvalue weighted by atomic mass is 10.2. The summed E-state index contributed by atoms with van der Waals surface area (Å²) in [6.45, 7) is 1.06. The summed E-state index contributed by atoms with van der Waals surface area (Å²) in [5, 5.41) is 3.98. The van der Waals surface area contributed by atoms with Crippen molar-refractivity contribution in [1.82, 2.24) is 19.5 Å². The Hall–Kier alpha value is -3.16. The second-order valence-electron chi connectivity index (χ2n) is 5.16. The van der Waals surface area contributed by atoms with Crippen molar-refractivity contribution < 1.29 is 4.74 Å². The number of methoxy groups -OCH3 is 1. The Balaban J connectivity index is 1.65. The number of hydrogen-bond acceptors (Lipinski definition) is 6. The van der Waals surface area contributed by atoms with Crippen molar-refractivity contribution in [1.29, 1.82) is 0 Å². The zero-order valence-electron chi connectivity index (χ0n) is 13.2. The minimum absolute atomic E-state index is 0.397. The Kier molecular flexibility index (Phi) is 4.55. The fourth-order valence-electron chi connectivity index (χ4n) is 2.35. The maximum absolute atomic E-state index is 11.6. The van der Waals surface area contributed by atoms with Gasteiger partial charge in [0, 0.05) is 25.4 Å². The molecule has 0 radical (unpaired) electrons. The molecule has 0 aliphatic carbocycles. The van der Waals surface area contributed by atoms with Crippen LogP contribution in [0.5, 0.6) is 5.88 Å². The number of hydrogen-bond donors (Lipinski definition) is 2. The molecule has 0 saturated carbocycles. The van der Waals surface area contributed by atoms with E-state index >= 15 is 0 Å². The molecule has 0 spiro atoms. The Bertz CT molecular complexity index is 964. The van der Waals surface area contributed by atoms with E-state index in [1.54, 1.807) is 7.11 Å². The molecule has 124 valence electrons. The monoisotopic (exact) mass is 327 g/mol. The molecule has 0 amide bonds. The lowest BCUT2D eigenvalue weighted by molar-refractivity contribution is 0.403. The van der Waals surface area contributed by atoms with Crippen LogP contribution in [0.2, 0.25) is 0 Å². The van der Waals surface area contributed by atoms with E-state index in [2.05, 4.69) is 20.3 Å². The number of nitrogens with zero attached hydrogens (tertiary/aromatic N) is 3. The molecule has 1 aromatic carbocycles. The minimum atomic E-state index is -0.411. The maximum atomic E-state index is 11.6. The third-order valence-corrected chi connectivity index (χ3v) is 3.52. The average Bonchev–Trinajstić information content (AvgIpc) is 2.59. The number of aromatic amines is 1.